The summed E-state index contributed by atoms with van der Waals surface area (Å²) in [5, 5.41) is 1.84. The van der Waals surface area contributed by atoms with Gasteiger partial charge in [-0.2, -0.15) is 0 Å². The summed E-state index contributed by atoms with van der Waals surface area (Å²) in [6.07, 6.45) is 1.65. The van der Waals surface area contributed by atoms with E-state index in [1.54, 1.807) is 22.8 Å². The average Bonchev–Trinajstić information content (AvgIpc) is 2.91. The number of aromatic nitrogens is 1. The first-order chi connectivity index (χ1) is 10.9. The van der Waals surface area contributed by atoms with E-state index in [1.807, 2.05) is 19.9 Å². The van der Waals surface area contributed by atoms with Crippen LogP contribution in [0.15, 0.2) is 33.6 Å². The summed E-state index contributed by atoms with van der Waals surface area (Å²) in [5.74, 6) is -0.747. The predicted molar refractivity (Wildman–Crippen MR) is 92.0 cm³/mol. The molecule has 0 saturated carbocycles. The lowest BCUT2D eigenvalue weighted by atomic mass is 10.2. The van der Waals surface area contributed by atoms with Crippen molar-refractivity contribution in [1.29, 1.82) is 0 Å². The van der Waals surface area contributed by atoms with Crippen molar-refractivity contribution in [3.8, 4) is 5.69 Å². The van der Waals surface area contributed by atoms with Crippen molar-refractivity contribution in [3.05, 3.63) is 56.4 Å². The van der Waals surface area contributed by atoms with Crippen molar-refractivity contribution < 1.29 is 14.0 Å². The van der Waals surface area contributed by atoms with Crippen molar-refractivity contribution >= 4 is 44.9 Å². The Morgan fingerprint density at radius 1 is 1.26 bits per heavy atom. The van der Waals surface area contributed by atoms with Gasteiger partial charge in [0, 0.05) is 15.9 Å². The van der Waals surface area contributed by atoms with Gasteiger partial charge in [0.1, 0.15) is 5.82 Å². The molecule has 118 valence electrons. The van der Waals surface area contributed by atoms with E-state index in [-0.39, 0.29) is 11.1 Å². The van der Waals surface area contributed by atoms with E-state index in [0.29, 0.717) is 15.1 Å². The second-order valence-corrected chi connectivity index (χ2v) is 7.04. The number of nitrogens with one attached hydrogen (secondary N) is 1. The molecule has 23 heavy (non-hydrogen) atoms. The van der Waals surface area contributed by atoms with E-state index in [4.69, 9.17) is 0 Å². The smallest absolute Gasteiger partial charge is 0.290 e. The summed E-state index contributed by atoms with van der Waals surface area (Å²) in [4.78, 5) is 23.2. The van der Waals surface area contributed by atoms with Crippen molar-refractivity contribution in [2.45, 2.75) is 13.8 Å². The molecule has 1 saturated heterocycles. The SMILES string of the molecule is Cc1cc(/C=C2/SC(=O)NC2=O)c(C)n1-c1ccc(Br)cc1F. The zero-order valence-corrected chi connectivity index (χ0v) is 14.7. The monoisotopic (exact) mass is 394 g/mol. The number of carbonyl (C=O) groups excluding carboxylic acids is 2. The highest BCUT2D eigenvalue weighted by atomic mass is 79.9. The van der Waals surface area contributed by atoms with E-state index in [9.17, 15) is 14.0 Å². The van der Waals surface area contributed by atoms with Crippen molar-refractivity contribution in [2.24, 2.45) is 0 Å². The molecule has 0 unspecified atom stereocenters. The molecular formula is C16H12BrFN2O2S. The lowest BCUT2D eigenvalue weighted by Gasteiger charge is -2.11. The van der Waals surface area contributed by atoms with E-state index in [0.717, 1.165) is 28.7 Å². The van der Waals surface area contributed by atoms with E-state index < -0.39 is 5.91 Å². The second-order valence-electron chi connectivity index (χ2n) is 5.11. The molecule has 1 N–H and O–H groups in total. The third-order valence-corrected chi connectivity index (χ3v) is 4.85. The predicted octanol–water partition coefficient (Wildman–Crippen LogP) is 4.32. The lowest BCUT2D eigenvalue weighted by molar-refractivity contribution is -0.115. The molecule has 0 bridgehead atoms. The first kappa shape index (κ1) is 16.0. The van der Waals surface area contributed by atoms with E-state index in [2.05, 4.69) is 21.2 Å². The van der Waals surface area contributed by atoms with Gasteiger partial charge in [-0.05, 0) is 61.5 Å². The molecule has 1 aromatic heterocycles. The fourth-order valence-electron chi connectivity index (χ4n) is 2.53. The van der Waals surface area contributed by atoms with Gasteiger partial charge in [0.2, 0.25) is 0 Å². The highest BCUT2D eigenvalue weighted by Gasteiger charge is 2.25. The normalized spacial score (nSPS) is 16.3. The van der Waals surface area contributed by atoms with Crippen LogP contribution in [-0.2, 0) is 4.79 Å². The Morgan fingerprint density at radius 3 is 2.61 bits per heavy atom. The van der Waals surface area contributed by atoms with Crippen LogP contribution in [0.1, 0.15) is 17.0 Å². The number of carbonyl (C=O) groups is 2. The van der Waals surface area contributed by atoms with Crippen LogP contribution in [0.4, 0.5) is 9.18 Å². The minimum Gasteiger partial charge on any atom is -0.315 e. The molecule has 3 rings (SSSR count). The molecule has 2 amide bonds. The molecule has 1 aliphatic heterocycles. The first-order valence-electron chi connectivity index (χ1n) is 6.76. The Labute approximate surface area is 144 Å². The minimum atomic E-state index is -0.403. The second kappa shape index (κ2) is 5.98. The molecule has 0 spiro atoms. The topological polar surface area (TPSA) is 51.1 Å². The quantitative estimate of drug-likeness (QED) is 0.771. The number of hydrogen-bond donors (Lipinski definition) is 1. The van der Waals surface area contributed by atoms with Gasteiger partial charge >= 0.3 is 0 Å². The third-order valence-electron chi connectivity index (χ3n) is 3.55. The molecule has 4 nitrogen and oxygen atoms in total. The standard InChI is InChI=1S/C16H12BrFN2O2S/c1-8-5-10(6-14-15(21)19-16(22)23-14)9(2)20(8)13-4-3-11(17)7-12(13)18/h3-7H,1-2H3,(H,19,21,22)/b14-6+. The summed E-state index contributed by atoms with van der Waals surface area (Å²) in [5.41, 5.74) is 2.85. The highest BCUT2D eigenvalue weighted by molar-refractivity contribution is 9.10. The van der Waals surface area contributed by atoms with Gasteiger partial charge in [-0.3, -0.25) is 14.9 Å². The molecule has 0 atom stereocenters. The van der Waals surface area contributed by atoms with Gasteiger partial charge in [0.05, 0.1) is 10.6 Å². The molecule has 1 aromatic carbocycles. The molecule has 2 aromatic rings. The Bertz CT molecular complexity index is 873. The van der Waals surface area contributed by atoms with Crippen LogP contribution in [0, 0.1) is 19.7 Å². The van der Waals surface area contributed by atoms with E-state index in [1.165, 1.54) is 6.07 Å². The highest BCUT2D eigenvalue weighted by Crippen LogP contribution is 2.30. The van der Waals surface area contributed by atoms with Crippen LogP contribution in [0.2, 0.25) is 0 Å². The van der Waals surface area contributed by atoms with Crippen LogP contribution < -0.4 is 5.32 Å². The number of rotatable bonds is 2. The fraction of sp³-hybridized carbons (Fsp3) is 0.125. The van der Waals surface area contributed by atoms with Gasteiger partial charge in [0.25, 0.3) is 11.1 Å². The average molecular weight is 395 g/mol. The van der Waals surface area contributed by atoms with Crippen LogP contribution >= 0.6 is 27.7 Å². The zero-order valence-electron chi connectivity index (χ0n) is 12.3. The van der Waals surface area contributed by atoms with Gasteiger partial charge < -0.3 is 4.57 Å². The fourth-order valence-corrected chi connectivity index (χ4v) is 3.54. The first-order valence-corrected chi connectivity index (χ1v) is 8.37. The van der Waals surface area contributed by atoms with Gasteiger partial charge in [-0.1, -0.05) is 15.9 Å². The number of imide groups is 1. The number of benzene rings is 1. The van der Waals surface area contributed by atoms with Crippen LogP contribution in [0.25, 0.3) is 11.8 Å². The van der Waals surface area contributed by atoms with Crippen molar-refractivity contribution in [1.82, 2.24) is 9.88 Å². The minimum absolute atomic E-state index is 0.339. The third kappa shape index (κ3) is 2.98. The summed E-state index contributed by atoms with van der Waals surface area (Å²) in [6.45, 7) is 3.71. The van der Waals surface area contributed by atoms with E-state index >= 15 is 0 Å². The molecule has 0 aliphatic carbocycles. The zero-order chi connectivity index (χ0) is 16.7. The Kier molecular flexibility index (Phi) is 4.16. The summed E-state index contributed by atoms with van der Waals surface area (Å²) in [6, 6.07) is 6.73. The molecular weight excluding hydrogens is 383 g/mol. The maximum atomic E-state index is 14.2. The van der Waals surface area contributed by atoms with Gasteiger partial charge in [-0.25, -0.2) is 4.39 Å². The van der Waals surface area contributed by atoms with Gasteiger partial charge in [-0.15, -0.1) is 0 Å². The molecule has 1 aliphatic rings. The molecule has 7 heteroatoms. The van der Waals surface area contributed by atoms with Crippen LogP contribution in [0.5, 0.6) is 0 Å². The number of thioether (sulfide) groups is 1. The number of halogens is 2. The van der Waals surface area contributed by atoms with Crippen LogP contribution in [-0.4, -0.2) is 15.7 Å². The van der Waals surface area contributed by atoms with Gasteiger partial charge in [0.15, 0.2) is 0 Å². The Morgan fingerprint density at radius 2 is 2.00 bits per heavy atom. The van der Waals surface area contributed by atoms with Crippen molar-refractivity contribution in [2.75, 3.05) is 0 Å². The Balaban J connectivity index is 2.08. The number of aryl methyl sites for hydroxylation is 1. The maximum Gasteiger partial charge on any atom is 0.290 e. The Hall–Kier alpha value is -1.86. The molecule has 1 fully saturated rings. The van der Waals surface area contributed by atoms with Crippen molar-refractivity contribution in [3.63, 3.8) is 0 Å². The molecule has 2 heterocycles. The number of amides is 2. The lowest BCUT2D eigenvalue weighted by Crippen LogP contribution is -2.17. The largest absolute Gasteiger partial charge is 0.315 e. The number of hydrogen-bond acceptors (Lipinski definition) is 3. The molecule has 0 radical (unpaired) electrons. The number of nitrogens with zero attached hydrogens (tertiary/aromatic N) is 1. The summed E-state index contributed by atoms with van der Waals surface area (Å²) in [7, 11) is 0. The van der Waals surface area contributed by atoms with Crippen LogP contribution in [0.3, 0.4) is 0 Å². The summed E-state index contributed by atoms with van der Waals surface area (Å²) >= 11 is 4.11. The summed E-state index contributed by atoms with van der Waals surface area (Å²) < 4.78 is 16.7. The maximum absolute atomic E-state index is 14.2.